The molecule has 10 atom stereocenters. The predicted octanol–water partition coefficient (Wildman–Crippen LogP) is 8.32. The fourth-order valence-electron chi connectivity index (χ4n) is 12.3. The van der Waals surface area contributed by atoms with Gasteiger partial charge in [0.1, 0.15) is 6.10 Å². The van der Waals surface area contributed by atoms with Crippen LogP contribution in [-0.4, -0.2) is 31.3 Å². The average Bonchev–Trinajstić information content (AvgIpc) is 3.25. The number of carbonyl (C=O) groups excluding carboxylic acids is 2. The zero-order valence-electron chi connectivity index (χ0n) is 26.8. The Morgan fingerprint density at radius 1 is 0.850 bits per heavy atom. The third kappa shape index (κ3) is 4.21. The molecule has 5 aliphatic rings. The number of fused-ring (bicyclic) bond motifs is 7. The lowest BCUT2D eigenvalue weighted by molar-refractivity contribution is -0.251. The third-order valence-corrected chi connectivity index (χ3v) is 14.3. The first-order valence-electron chi connectivity index (χ1n) is 16.4. The number of nitrogens with one attached hydrogen (secondary N) is 1. The Kier molecular flexibility index (Phi) is 7.52. The van der Waals surface area contributed by atoms with Crippen LogP contribution in [0.4, 0.5) is 4.79 Å². The van der Waals surface area contributed by atoms with Crippen molar-refractivity contribution in [3.05, 3.63) is 12.2 Å². The number of allylic oxidation sites excluding steroid dienone is 1. The van der Waals surface area contributed by atoms with Crippen molar-refractivity contribution in [3.63, 3.8) is 0 Å². The van der Waals surface area contributed by atoms with Gasteiger partial charge in [-0.05, 0) is 124 Å². The van der Waals surface area contributed by atoms with E-state index in [1.165, 1.54) is 44.1 Å². The lowest BCUT2D eigenvalue weighted by atomic mass is 9.32. The number of ether oxygens (including phenoxy) is 2. The molecule has 0 bridgehead atoms. The molecule has 5 saturated carbocycles. The van der Waals surface area contributed by atoms with Crippen molar-refractivity contribution in [2.45, 2.75) is 126 Å². The molecular formula is C35H57NO4. The van der Waals surface area contributed by atoms with Gasteiger partial charge in [0.05, 0.1) is 6.61 Å². The molecular weight excluding hydrogens is 498 g/mol. The zero-order valence-corrected chi connectivity index (χ0v) is 26.8. The fourth-order valence-corrected chi connectivity index (χ4v) is 12.3. The highest BCUT2D eigenvalue weighted by Crippen LogP contribution is 2.77. The van der Waals surface area contributed by atoms with Gasteiger partial charge in [-0.3, -0.25) is 4.79 Å². The quantitative estimate of drug-likeness (QED) is 0.274. The Morgan fingerprint density at radius 2 is 1.57 bits per heavy atom. The van der Waals surface area contributed by atoms with Crippen LogP contribution >= 0.6 is 0 Å². The second-order valence-electron chi connectivity index (χ2n) is 16.1. The standard InChI is InChI=1S/C35H57NO4/c1-10-36-30(38)39-21-35-18-13-24(22(2)3)29(35)25-11-12-27-32(7)16-15-28(40-23(4)37)31(5,6)26(32)14-17-34(27,9)33(25,8)19-20-35/h24-29H,2,10-21H2,1,3-9H3,(H,36,38)/t24-,25+,26-,27+,28-,29+,32-,33+,34+,35+/m0/s1. The van der Waals surface area contributed by atoms with Gasteiger partial charge in [-0.1, -0.05) is 46.8 Å². The first kappa shape index (κ1) is 30.0. The van der Waals surface area contributed by atoms with Gasteiger partial charge in [-0.2, -0.15) is 0 Å². The molecule has 0 saturated heterocycles. The Bertz CT molecular complexity index is 1040. The van der Waals surface area contributed by atoms with Gasteiger partial charge in [-0.25, -0.2) is 4.79 Å². The van der Waals surface area contributed by atoms with E-state index >= 15 is 0 Å². The number of hydrogen-bond acceptors (Lipinski definition) is 4. The van der Waals surface area contributed by atoms with E-state index in [0.29, 0.717) is 42.7 Å². The maximum atomic E-state index is 12.4. The van der Waals surface area contributed by atoms with Gasteiger partial charge < -0.3 is 14.8 Å². The van der Waals surface area contributed by atoms with Gasteiger partial charge >= 0.3 is 12.1 Å². The number of carbonyl (C=O) groups is 2. The highest BCUT2D eigenvalue weighted by Gasteiger charge is 2.71. The molecule has 5 rings (SSSR count). The van der Waals surface area contributed by atoms with Crippen LogP contribution in [-0.2, 0) is 14.3 Å². The summed E-state index contributed by atoms with van der Waals surface area (Å²) in [7, 11) is 0. The molecule has 0 aromatic rings. The van der Waals surface area contributed by atoms with Gasteiger partial charge in [0, 0.05) is 24.3 Å². The Morgan fingerprint density at radius 3 is 2.23 bits per heavy atom. The van der Waals surface area contributed by atoms with Crippen molar-refractivity contribution in [1.29, 1.82) is 0 Å². The molecule has 0 spiro atoms. The van der Waals surface area contributed by atoms with Crippen molar-refractivity contribution in [1.82, 2.24) is 5.32 Å². The minimum atomic E-state index is -0.267. The van der Waals surface area contributed by atoms with E-state index in [2.05, 4.69) is 53.4 Å². The first-order chi connectivity index (χ1) is 18.7. The summed E-state index contributed by atoms with van der Waals surface area (Å²) in [5.41, 5.74) is 2.20. The fraction of sp³-hybridized carbons (Fsp3) is 0.886. The van der Waals surface area contributed by atoms with E-state index in [9.17, 15) is 9.59 Å². The maximum absolute atomic E-state index is 12.4. The average molecular weight is 556 g/mol. The maximum Gasteiger partial charge on any atom is 0.407 e. The lowest BCUT2D eigenvalue weighted by Gasteiger charge is -2.73. The summed E-state index contributed by atoms with van der Waals surface area (Å²) in [5.74, 6) is 2.81. The van der Waals surface area contributed by atoms with E-state index in [4.69, 9.17) is 9.47 Å². The zero-order chi connectivity index (χ0) is 29.3. The first-order valence-corrected chi connectivity index (χ1v) is 16.4. The minimum Gasteiger partial charge on any atom is -0.462 e. The number of amides is 1. The summed E-state index contributed by atoms with van der Waals surface area (Å²) in [6, 6.07) is 0. The Hall–Kier alpha value is -1.52. The van der Waals surface area contributed by atoms with Crippen LogP contribution in [0.3, 0.4) is 0 Å². The van der Waals surface area contributed by atoms with E-state index < -0.39 is 0 Å². The largest absolute Gasteiger partial charge is 0.462 e. The highest BCUT2D eigenvalue weighted by molar-refractivity contribution is 5.67. The van der Waals surface area contributed by atoms with Gasteiger partial charge in [0.2, 0.25) is 0 Å². The van der Waals surface area contributed by atoms with Crippen molar-refractivity contribution < 1.29 is 19.1 Å². The van der Waals surface area contributed by atoms with Crippen LogP contribution in [0, 0.1) is 56.7 Å². The van der Waals surface area contributed by atoms with Crippen molar-refractivity contribution >= 4 is 12.1 Å². The topological polar surface area (TPSA) is 64.6 Å². The highest BCUT2D eigenvalue weighted by atomic mass is 16.6. The molecule has 0 unspecified atom stereocenters. The van der Waals surface area contributed by atoms with Gasteiger partial charge in [-0.15, -0.1) is 0 Å². The normalized spacial score (nSPS) is 47.1. The molecule has 5 heteroatoms. The van der Waals surface area contributed by atoms with Gasteiger partial charge in [0.25, 0.3) is 0 Å². The van der Waals surface area contributed by atoms with Crippen LogP contribution in [0.1, 0.15) is 120 Å². The summed E-state index contributed by atoms with van der Waals surface area (Å²) in [6.07, 6.45) is 11.6. The predicted molar refractivity (Wildman–Crippen MR) is 160 cm³/mol. The van der Waals surface area contributed by atoms with Crippen LogP contribution in [0.15, 0.2) is 12.2 Å². The second-order valence-corrected chi connectivity index (χ2v) is 16.1. The molecule has 5 nitrogen and oxygen atoms in total. The van der Waals surface area contributed by atoms with Crippen molar-refractivity contribution in [2.75, 3.05) is 13.2 Å². The summed E-state index contributed by atoms with van der Waals surface area (Å²) in [6.45, 7) is 24.1. The van der Waals surface area contributed by atoms with E-state index in [0.717, 1.165) is 25.7 Å². The molecule has 0 aromatic heterocycles. The smallest absolute Gasteiger partial charge is 0.407 e. The summed E-state index contributed by atoms with van der Waals surface area (Å²) < 4.78 is 11.9. The van der Waals surface area contributed by atoms with E-state index in [1.54, 1.807) is 6.92 Å². The molecule has 40 heavy (non-hydrogen) atoms. The molecule has 5 fully saturated rings. The van der Waals surface area contributed by atoms with Crippen LogP contribution in [0.5, 0.6) is 0 Å². The molecule has 1 N–H and O–H groups in total. The van der Waals surface area contributed by atoms with Gasteiger partial charge in [0.15, 0.2) is 0 Å². The molecule has 0 aromatic carbocycles. The molecule has 226 valence electrons. The minimum absolute atomic E-state index is 0.00757. The van der Waals surface area contributed by atoms with Crippen LogP contribution < -0.4 is 5.32 Å². The molecule has 5 aliphatic carbocycles. The summed E-state index contributed by atoms with van der Waals surface area (Å²) in [4.78, 5) is 24.4. The number of alkyl carbamates (subject to hydrolysis) is 1. The Balaban J connectivity index is 1.47. The number of rotatable bonds is 5. The summed E-state index contributed by atoms with van der Waals surface area (Å²) in [5, 5.41) is 2.85. The molecule has 0 radical (unpaired) electrons. The number of esters is 1. The second kappa shape index (κ2) is 10.0. The third-order valence-electron chi connectivity index (χ3n) is 14.3. The molecule has 1 amide bonds. The summed E-state index contributed by atoms with van der Waals surface area (Å²) >= 11 is 0. The van der Waals surface area contributed by atoms with Crippen molar-refractivity contribution in [3.8, 4) is 0 Å². The Labute approximate surface area is 244 Å². The van der Waals surface area contributed by atoms with E-state index in [-0.39, 0.29) is 45.2 Å². The van der Waals surface area contributed by atoms with Crippen molar-refractivity contribution in [2.24, 2.45) is 56.7 Å². The lowest BCUT2D eigenvalue weighted by Crippen LogP contribution is -2.67. The SMILES string of the molecule is C=C(C)[C@@H]1CC[C@]2(COC(=O)NCC)CC[C@]3(C)[C@H](CC[C@@H]4[C@@]5(C)CC[C@H](OC(C)=O)C(C)(C)[C@@H]5CC[C@]43C)[C@@H]12. The van der Waals surface area contributed by atoms with Crippen LogP contribution in [0.2, 0.25) is 0 Å². The monoisotopic (exact) mass is 555 g/mol. The molecule has 0 heterocycles. The number of hydrogen-bond donors (Lipinski definition) is 1. The molecule has 0 aliphatic heterocycles. The van der Waals surface area contributed by atoms with Crippen LogP contribution in [0.25, 0.3) is 0 Å². The van der Waals surface area contributed by atoms with E-state index in [1.807, 2.05) is 6.92 Å².